The van der Waals surface area contributed by atoms with Crippen molar-refractivity contribution in [3.05, 3.63) is 50.6 Å². The number of pyridine rings is 1. The van der Waals surface area contributed by atoms with Gasteiger partial charge in [-0.15, -0.1) is 0 Å². The number of nitrogens with zero attached hydrogens (tertiary/aromatic N) is 2. The molecule has 10 heteroatoms. The Morgan fingerprint density at radius 1 is 1.29 bits per heavy atom. The fourth-order valence-electron chi connectivity index (χ4n) is 3.55. The summed E-state index contributed by atoms with van der Waals surface area (Å²) in [6, 6.07) is 9.64. The van der Waals surface area contributed by atoms with E-state index in [2.05, 4.69) is 48.8 Å². The number of amides is 1. The molecule has 1 aromatic carbocycles. The van der Waals surface area contributed by atoms with E-state index in [0.717, 1.165) is 22.9 Å². The molecule has 31 heavy (non-hydrogen) atoms. The normalized spacial score (nSPS) is 17.7. The molecule has 0 fully saturated rings. The second kappa shape index (κ2) is 10.0. The zero-order valence-corrected chi connectivity index (χ0v) is 22.1. The number of halogens is 2. The maximum absolute atomic E-state index is 12.8. The molecule has 168 valence electrons. The number of nitrogens with one attached hydrogen (secondary N) is 1. The largest absolute Gasteiger partial charge is 0.468 e. The van der Waals surface area contributed by atoms with Gasteiger partial charge in [-0.3, -0.25) is 9.10 Å². The van der Waals surface area contributed by atoms with E-state index in [4.69, 9.17) is 4.74 Å². The third kappa shape index (κ3) is 5.33. The first-order chi connectivity index (χ1) is 14.7. The molecule has 1 N–H and O–H groups in total. The van der Waals surface area contributed by atoms with Crippen LogP contribution in [-0.2, 0) is 14.8 Å². The van der Waals surface area contributed by atoms with Gasteiger partial charge in [0, 0.05) is 24.5 Å². The molecular weight excluding hydrogens is 597 g/mol. The predicted molar refractivity (Wildman–Crippen MR) is 134 cm³/mol. The van der Waals surface area contributed by atoms with E-state index < -0.39 is 22.0 Å². The minimum absolute atomic E-state index is 0.174. The Bertz CT molecular complexity index is 1060. The number of hydrogen-bond donors (Lipinski definition) is 1. The molecule has 1 aromatic heterocycles. The van der Waals surface area contributed by atoms with Gasteiger partial charge in [0.05, 0.1) is 9.83 Å². The lowest BCUT2D eigenvalue weighted by atomic mass is 9.90. The number of anilines is 1. The van der Waals surface area contributed by atoms with E-state index in [1.165, 1.54) is 10.6 Å². The fraction of sp³-hybridized carbons (Fsp3) is 0.429. The Kier molecular flexibility index (Phi) is 7.85. The summed E-state index contributed by atoms with van der Waals surface area (Å²) in [6.07, 6.45) is 2.18. The molecule has 0 saturated heterocycles. The van der Waals surface area contributed by atoms with Crippen molar-refractivity contribution < 1.29 is 17.9 Å². The van der Waals surface area contributed by atoms with Crippen LogP contribution in [0.25, 0.3) is 0 Å². The summed E-state index contributed by atoms with van der Waals surface area (Å²) in [5.41, 5.74) is 2.64. The SMILES string of the molecule is CNC(=O)C1c2cc(I)c(N(CCCCBr)S(C)(=O)=O)nc2OC1c1ccc(C)cc1. The van der Waals surface area contributed by atoms with Crippen LogP contribution in [0.4, 0.5) is 5.82 Å². The second-order valence-electron chi connectivity index (χ2n) is 7.46. The highest BCUT2D eigenvalue weighted by molar-refractivity contribution is 14.1. The van der Waals surface area contributed by atoms with Crippen molar-refractivity contribution in [1.82, 2.24) is 10.3 Å². The maximum Gasteiger partial charge on any atom is 0.233 e. The van der Waals surface area contributed by atoms with Crippen molar-refractivity contribution in [3.8, 4) is 5.88 Å². The summed E-state index contributed by atoms with van der Waals surface area (Å²) in [4.78, 5) is 17.3. The van der Waals surface area contributed by atoms with Crippen LogP contribution in [0.5, 0.6) is 5.88 Å². The predicted octanol–water partition coefficient (Wildman–Crippen LogP) is 3.90. The minimum atomic E-state index is -3.53. The molecule has 0 saturated carbocycles. The van der Waals surface area contributed by atoms with Gasteiger partial charge in [-0.2, -0.15) is 4.98 Å². The number of sulfonamides is 1. The van der Waals surface area contributed by atoms with Gasteiger partial charge in [0.25, 0.3) is 0 Å². The number of fused-ring (bicyclic) bond motifs is 1. The number of alkyl halides is 1. The molecule has 0 aliphatic carbocycles. The fourth-order valence-corrected chi connectivity index (χ4v) is 5.77. The first-order valence-electron chi connectivity index (χ1n) is 9.86. The first kappa shape index (κ1) is 24.2. The average molecular weight is 622 g/mol. The molecule has 2 heterocycles. The van der Waals surface area contributed by atoms with Crippen LogP contribution in [0.1, 0.15) is 41.6 Å². The minimum Gasteiger partial charge on any atom is -0.468 e. The summed E-state index contributed by atoms with van der Waals surface area (Å²) in [5, 5.41) is 3.51. The molecule has 2 unspecified atom stereocenters. The standard InChI is InChI=1S/C21H25BrIN3O4S/c1-13-6-8-14(9-7-13)18-17(20(27)24-2)15-12-16(23)19(25-21(15)30-18)26(31(3,28)29)11-5-4-10-22/h6-9,12,17-18H,4-5,10-11H2,1-3H3,(H,24,27). The Balaban J connectivity index is 2.05. The lowest BCUT2D eigenvalue weighted by Gasteiger charge is -2.23. The van der Waals surface area contributed by atoms with Crippen LogP contribution in [-0.4, -0.2) is 44.5 Å². The molecule has 2 aromatic rings. The summed E-state index contributed by atoms with van der Waals surface area (Å²) in [6.45, 7) is 2.32. The molecule has 3 rings (SSSR count). The Morgan fingerprint density at radius 2 is 1.97 bits per heavy atom. The molecule has 1 aliphatic rings. The molecule has 1 amide bonds. The number of carbonyl (C=O) groups is 1. The smallest absolute Gasteiger partial charge is 0.233 e. The number of ether oxygens (including phenoxy) is 1. The number of carbonyl (C=O) groups excluding carboxylic acids is 1. The van der Waals surface area contributed by atoms with Crippen molar-refractivity contribution >= 4 is 60.3 Å². The monoisotopic (exact) mass is 621 g/mol. The molecule has 0 bridgehead atoms. The van der Waals surface area contributed by atoms with E-state index in [1.54, 1.807) is 7.05 Å². The Labute approximate surface area is 205 Å². The number of unbranched alkanes of at least 4 members (excludes halogenated alkanes) is 1. The summed E-state index contributed by atoms with van der Waals surface area (Å²) in [7, 11) is -1.94. The average Bonchev–Trinajstić information content (AvgIpc) is 3.08. The van der Waals surface area contributed by atoms with E-state index >= 15 is 0 Å². The van der Waals surface area contributed by atoms with Gasteiger partial charge in [0.1, 0.15) is 12.0 Å². The molecular formula is C21H25BrIN3O4S. The van der Waals surface area contributed by atoms with Crippen LogP contribution in [0, 0.1) is 10.5 Å². The lowest BCUT2D eigenvalue weighted by molar-refractivity contribution is -0.123. The number of rotatable bonds is 8. The van der Waals surface area contributed by atoms with Crippen LogP contribution < -0.4 is 14.4 Å². The van der Waals surface area contributed by atoms with Crippen LogP contribution >= 0.6 is 38.5 Å². The Hall–Kier alpha value is -1.40. The highest BCUT2D eigenvalue weighted by Crippen LogP contribution is 2.47. The Morgan fingerprint density at radius 3 is 2.55 bits per heavy atom. The number of hydrogen-bond acceptors (Lipinski definition) is 5. The van der Waals surface area contributed by atoms with Gasteiger partial charge in [0.2, 0.25) is 21.8 Å². The number of likely N-dealkylation sites (N-methyl/N-ethyl adjacent to an activating group) is 1. The van der Waals surface area contributed by atoms with Gasteiger partial charge in [0.15, 0.2) is 5.82 Å². The van der Waals surface area contributed by atoms with E-state index in [9.17, 15) is 13.2 Å². The highest BCUT2D eigenvalue weighted by atomic mass is 127. The second-order valence-corrected chi connectivity index (χ2v) is 11.3. The van der Waals surface area contributed by atoms with E-state index in [0.29, 0.717) is 33.8 Å². The van der Waals surface area contributed by atoms with Crippen molar-refractivity contribution in [1.29, 1.82) is 0 Å². The number of aryl methyl sites for hydroxylation is 1. The zero-order valence-electron chi connectivity index (χ0n) is 17.6. The summed E-state index contributed by atoms with van der Waals surface area (Å²) in [5.74, 6) is -0.120. The van der Waals surface area contributed by atoms with Crippen LogP contribution in [0.15, 0.2) is 30.3 Å². The van der Waals surface area contributed by atoms with E-state index in [1.807, 2.05) is 37.3 Å². The first-order valence-corrected chi connectivity index (χ1v) is 13.9. The highest BCUT2D eigenvalue weighted by Gasteiger charge is 2.42. The van der Waals surface area contributed by atoms with Crippen molar-refractivity contribution in [2.24, 2.45) is 0 Å². The molecule has 7 nitrogen and oxygen atoms in total. The molecule has 2 atom stereocenters. The van der Waals surface area contributed by atoms with Gasteiger partial charge in [-0.1, -0.05) is 45.8 Å². The van der Waals surface area contributed by atoms with Crippen molar-refractivity contribution in [3.63, 3.8) is 0 Å². The van der Waals surface area contributed by atoms with Crippen molar-refractivity contribution in [2.75, 3.05) is 29.5 Å². The lowest BCUT2D eigenvalue weighted by Crippen LogP contribution is -2.32. The van der Waals surface area contributed by atoms with Crippen molar-refractivity contribution in [2.45, 2.75) is 31.8 Å². The molecule has 0 spiro atoms. The van der Waals surface area contributed by atoms with Gasteiger partial charge in [-0.05, 0) is 54.0 Å². The van der Waals surface area contributed by atoms with Crippen LogP contribution in [0.3, 0.4) is 0 Å². The van der Waals surface area contributed by atoms with Gasteiger partial charge in [-0.25, -0.2) is 8.42 Å². The summed E-state index contributed by atoms with van der Waals surface area (Å²) >= 11 is 5.45. The maximum atomic E-state index is 12.8. The zero-order chi connectivity index (χ0) is 22.8. The summed E-state index contributed by atoms with van der Waals surface area (Å²) < 4.78 is 33.1. The number of aromatic nitrogens is 1. The van der Waals surface area contributed by atoms with Gasteiger partial charge < -0.3 is 10.1 Å². The number of benzene rings is 1. The quantitative estimate of drug-likeness (QED) is 0.274. The third-order valence-electron chi connectivity index (χ3n) is 5.14. The molecule has 0 radical (unpaired) electrons. The topological polar surface area (TPSA) is 88.6 Å². The van der Waals surface area contributed by atoms with E-state index in [-0.39, 0.29) is 5.91 Å². The third-order valence-corrected chi connectivity index (χ3v) is 7.65. The molecule has 1 aliphatic heterocycles. The van der Waals surface area contributed by atoms with Crippen LogP contribution in [0.2, 0.25) is 0 Å². The van der Waals surface area contributed by atoms with Gasteiger partial charge >= 0.3 is 0 Å².